The standard InChI is InChI=1S/C13H9Br3N2O/c14-7-1-3-10(15)9(5-7)13(19)18-12-4-2-8(17)6-11(12)16/h1-6H,17H2,(H,18,19). The average molecular weight is 449 g/mol. The molecule has 0 bridgehead atoms. The summed E-state index contributed by atoms with van der Waals surface area (Å²) in [5, 5.41) is 2.83. The van der Waals surface area contributed by atoms with E-state index in [-0.39, 0.29) is 5.91 Å². The molecule has 19 heavy (non-hydrogen) atoms. The number of nitrogens with two attached hydrogens (primary N) is 1. The van der Waals surface area contributed by atoms with E-state index >= 15 is 0 Å². The second-order valence-electron chi connectivity index (χ2n) is 3.82. The van der Waals surface area contributed by atoms with Crippen molar-refractivity contribution in [3.8, 4) is 0 Å². The minimum Gasteiger partial charge on any atom is -0.399 e. The lowest BCUT2D eigenvalue weighted by molar-refractivity contribution is 0.102. The maximum Gasteiger partial charge on any atom is 0.256 e. The van der Waals surface area contributed by atoms with Crippen molar-refractivity contribution in [2.24, 2.45) is 0 Å². The maximum absolute atomic E-state index is 12.2. The smallest absolute Gasteiger partial charge is 0.256 e. The first-order valence-electron chi connectivity index (χ1n) is 5.29. The molecule has 0 radical (unpaired) electrons. The van der Waals surface area contributed by atoms with Gasteiger partial charge in [0.15, 0.2) is 0 Å². The lowest BCUT2D eigenvalue weighted by Crippen LogP contribution is -2.13. The summed E-state index contributed by atoms with van der Waals surface area (Å²) < 4.78 is 2.32. The molecule has 0 atom stereocenters. The summed E-state index contributed by atoms with van der Waals surface area (Å²) in [4.78, 5) is 12.2. The van der Waals surface area contributed by atoms with Gasteiger partial charge in [0.1, 0.15) is 0 Å². The highest BCUT2D eigenvalue weighted by molar-refractivity contribution is 9.11. The summed E-state index contributed by atoms with van der Waals surface area (Å²) in [5.41, 5.74) is 7.52. The number of halogens is 3. The van der Waals surface area contributed by atoms with Crippen LogP contribution < -0.4 is 11.1 Å². The minimum atomic E-state index is -0.196. The van der Waals surface area contributed by atoms with E-state index in [1.165, 1.54) is 0 Å². The summed E-state index contributed by atoms with van der Waals surface area (Å²) in [6.07, 6.45) is 0. The molecule has 3 N–H and O–H groups in total. The molecule has 0 aliphatic heterocycles. The van der Waals surface area contributed by atoms with Crippen LogP contribution in [0.3, 0.4) is 0 Å². The van der Waals surface area contributed by atoms with Gasteiger partial charge in [0.05, 0.1) is 11.3 Å². The van der Waals surface area contributed by atoms with Crippen LogP contribution >= 0.6 is 47.8 Å². The number of anilines is 2. The summed E-state index contributed by atoms with van der Waals surface area (Å²) in [6.45, 7) is 0. The number of rotatable bonds is 2. The summed E-state index contributed by atoms with van der Waals surface area (Å²) in [5.74, 6) is -0.196. The number of benzene rings is 2. The molecule has 0 fully saturated rings. The third-order valence-electron chi connectivity index (χ3n) is 2.41. The fourth-order valence-corrected chi connectivity index (χ4v) is 2.78. The predicted octanol–water partition coefficient (Wildman–Crippen LogP) is 4.81. The molecule has 1 amide bonds. The first-order valence-corrected chi connectivity index (χ1v) is 7.66. The summed E-state index contributed by atoms with van der Waals surface area (Å²) in [6, 6.07) is 10.7. The van der Waals surface area contributed by atoms with E-state index in [1.54, 1.807) is 24.3 Å². The zero-order valence-electron chi connectivity index (χ0n) is 9.58. The van der Waals surface area contributed by atoms with Crippen LogP contribution in [0.15, 0.2) is 49.8 Å². The molecule has 0 heterocycles. The predicted molar refractivity (Wildman–Crippen MR) is 88.3 cm³/mol. The number of hydrogen-bond donors (Lipinski definition) is 2. The van der Waals surface area contributed by atoms with Crippen molar-refractivity contribution in [3.05, 3.63) is 55.4 Å². The van der Waals surface area contributed by atoms with Crippen molar-refractivity contribution in [1.82, 2.24) is 0 Å². The molecule has 6 heteroatoms. The van der Waals surface area contributed by atoms with Gasteiger partial charge in [-0.25, -0.2) is 0 Å². The lowest BCUT2D eigenvalue weighted by Gasteiger charge is -2.09. The third kappa shape index (κ3) is 3.58. The molecule has 0 aliphatic rings. The molecule has 2 aromatic rings. The molecule has 0 saturated carbocycles. The maximum atomic E-state index is 12.2. The Balaban J connectivity index is 2.28. The molecular formula is C13H9Br3N2O. The van der Waals surface area contributed by atoms with Crippen LogP contribution in [-0.2, 0) is 0 Å². The highest BCUT2D eigenvalue weighted by Gasteiger charge is 2.12. The van der Waals surface area contributed by atoms with Gasteiger partial charge in [0.2, 0.25) is 0 Å². The van der Waals surface area contributed by atoms with Gasteiger partial charge in [-0.15, -0.1) is 0 Å². The van der Waals surface area contributed by atoms with Gasteiger partial charge in [-0.1, -0.05) is 15.9 Å². The van der Waals surface area contributed by atoms with E-state index in [9.17, 15) is 4.79 Å². The van der Waals surface area contributed by atoms with E-state index < -0.39 is 0 Å². The summed E-state index contributed by atoms with van der Waals surface area (Å²) in [7, 11) is 0. The molecule has 0 aliphatic carbocycles. The SMILES string of the molecule is Nc1ccc(NC(=O)c2cc(Br)ccc2Br)c(Br)c1. The fraction of sp³-hybridized carbons (Fsp3) is 0. The zero-order valence-corrected chi connectivity index (χ0v) is 14.3. The van der Waals surface area contributed by atoms with Crippen molar-refractivity contribution < 1.29 is 4.79 Å². The Morgan fingerprint density at radius 1 is 1.00 bits per heavy atom. The van der Waals surface area contributed by atoms with Crippen LogP contribution in [0.2, 0.25) is 0 Å². The lowest BCUT2D eigenvalue weighted by atomic mass is 10.2. The van der Waals surface area contributed by atoms with Crippen molar-refractivity contribution >= 4 is 65.1 Å². The first kappa shape index (κ1) is 14.6. The number of amides is 1. The van der Waals surface area contributed by atoms with Crippen LogP contribution in [0.4, 0.5) is 11.4 Å². The Morgan fingerprint density at radius 3 is 2.42 bits per heavy atom. The molecule has 0 spiro atoms. The Bertz CT molecular complexity index is 644. The highest BCUT2D eigenvalue weighted by Crippen LogP contribution is 2.27. The fourth-order valence-electron chi connectivity index (χ4n) is 1.49. The van der Waals surface area contributed by atoms with Gasteiger partial charge in [0, 0.05) is 19.1 Å². The molecule has 98 valence electrons. The monoisotopic (exact) mass is 446 g/mol. The van der Waals surface area contributed by atoms with Gasteiger partial charge in [-0.3, -0.25) is 4.79 Å². The van der Waals surface area contributed by atoms with E-state index in [0.717, 1.165) is 13.4 Å². The Kier molecular flexibility index (Phi) is 4.65. The third-order valence-corrected chi connectivity index (χ3v) is 4.26. The van der Waals surface area contributed by atoms with Gasteiger partial charge in [-0.05, 0) is 68.3 Å². The number of carbonyl (C=O) groups excluding carboxylic acids is 1. The molecule has 0 unspecified atom stereocenters. The highest BCUT2D eigenvalue weighted by atomic mass is 79.9. The molecule has 0 saturated heterocycles. The number of nitrogens with one attached hydrogen (secondary N) is 1. The van der Waals surface area contributed by atoms with E-state index in [1.807, 2.05) is 12.1 Å². The normalized spacial score (nSPS) is 10.3. The Labute approximate surface area is 136 Å². The van der Waals surface area contributed by atoms with E-state index in [0.29, 0.717) is 16.9 Å². The zero-order chi connectivity index (χ0) is 14.0. The molecule has 2 rings (SSSR count). The second kappa shape index (κ2) is 6.07. The first-order chi connectivity index (χ1) is 8.97. The van der Waals surface area contributed by atoms with Crippen LogP contribution in [0.5, 0.6) is 0 Å². The van der Waals surface area contributed by atoms with E-state index in [4.69, 9.17) is 5.73 Å². The van der Waals surface area contributed by atoms with Crippen molar-refractivity contribution in [1.29, 1.82) is 0 Å². The van der Waals surface area contributed by atoms with Gasteiger partial charge < -0.3 is 11.1 Å². The minimum absolute atomic E-state index is 0.196. The quantitative estimate of drug-likeness (QED) is 0.648. The van der Waals surface area contributed by atoms with Crippen LogP contribution in [0.1, 0.15) is 10.4 Å². The van der Waals surface area contributed by atoms with Crippen molar-refractivity contribution in [2.45, 2.75) is 0 Å². The molecule has 3 nitrogen and oxygen atoms in total. The average Bonchev–Trinajstić information content (AvgIpc) is 2.35. The van der Waals surface area contributed by atoms with Crippen molar-refractivity contribution in [3.63, 3.8) is 0 Å². The van der Waals surface area contributed by atoms with Gasteiger partial charge in [0.25, 0.3) is 5.91 Å². The van der Waals surface area contributed by atoms with Crippen molar-refractivity contribution in [2.75, 3.05) is 11.1 Å². The molecular weight excluding hydrogens is 440 g/mol. The molecule has 0 aromatic heterocycles. The topological polar surface area (TPSA) is 55.1 Å². The number of carbonyl (C=O) groups is 1. The van der Waals surface area contributed by atoms with Crippen LogP contribution in [-0.4, -0.2) is 5.91 Å². The summed E-state index contributed by atoms with van der Waals surface area (Å²) >= 11 is 10.1. The largest absolute Gasteiger partial charge is 0.399 e. The van der Waals surface area contributed by atoms with Gasteiger partial charge in [-0.2, -0.15) is 0 Å². The number of hydrogen-bond acceptors (Lipinski definition) is 2. The van der Waals surface area contributed by atoms with E-state index in [2.05, 4.69) is 53.1 Å². The van der Waals surface area contributed by atoms with Crippen LogP contribution in [0, 0.1) is 0 Å². The number of nitrogen functional groups attached to an aromatic ring is 1. The van der Waals surface area contributed by atoms with Gasteiger partial charge >= 0.3 is 0 Å². The second-order valence-corrected chi connectivity index (χ2v) is 6.44. The van der Waals surface area contributed by atoms with Crippen LogP contribution in [0.25, 0.3) is 0 Å². The molecule has 2 aromatic carbocycles. The Hall–Kier alpha value is -0.850. The Morgan fingerprint density at radius 2 is 1.74 bits per heavy atom.